The molecule has 0 saturated carbocycles. The van der Waals surface area contributed by atoms with Crippen molar-refractivity contribution in [3.63, 3.8) is 0 Å². The second-order valence-electron chi connectivity index (χ2n) is 9.36. The lowest BCUT2D eigenvalue weighted by Crippen LogP contribution is -2.41. The smallest absolute Gasteiger partial charge is 0.101 e. The van der Waals surface area contributed by atoms with Gasteiger partial charge in [0.25, 0.3) is 0 Å². The summed E-state index contributed by atoms with van der Waals surface area (Å²) >= 11 is 0. The van der Waals surface area contributed by atoms with Crippen LogP contribution in [0.2, 0.25) is 0 Å². The number of rotatable bonds is 4. The summed E-state index contributed by atoms with van der Waals surface area (Å²) in [6.07, 6.45) is 6.16. The summed E-state index contributed by atoms with van der Waals surface area (Å²) in [5.41, 5.74) is 5.34. The molecule has 6 rings (SSSR count). The van der Waals surface area contributed by atoms with Crippen LogP contribution in [-0.2, 0) is 0 Å². The summed E-state index contributed by atoms with van der Waals surface area (Å²) in [6.45, 7) is 2.11. The van der Waals surface area contributed by atoms with Gasteiger partial charge >= 0.3 is 0 Å². The van der Waals surface area contributed by atoms with E-state index >= 15 is 0 Å². The maximum atomic E-state index is 11.4. The Balaban J connectivity index is 1.67. The van der Waals surface area contributed by atoms with Crippen LogP contribution in [0.1, 0.15) is 64.5 Å². The van der Waals surface area contributed by atoms with E-state index in [2.05, 4.69) is 25.1 Å². The highest BCUT2D eigenvalue weighted by Crippen LogP contribution is 2.67. The van der Waals surface area contributed by atoms with Gasteiger partial charge in [-0.25, -0.2) is 0 Å². The first kappa shape index (κ1) is 19.9. The molecule has 3 unspecified atom stereocenters. The fourth-order valence-corrected chi connectivity index (χ4v) is 6.73. The Morgan fingerprint density at radius 1 is 0.545 bits per heavy atom. The Hall–Kier alpha value is -3.72. The molecule has 0 spiro atoms. The number of hydrogen-bond acceptors (Lipinski definition) is 3. The predicted octanol–water partition coefficient (Wildman–Crippen LogP) is 7.47. The highest BCUT2D eigenvalue weighted by Gasteiger charge is 2.59. The maximum absolute atomic E-state index is 11.4. The maximum Gasteiger partial charge on any atom is 0.101 e. The molecule has 3 aliphatic carbocycles. The first-order chi connectivity index (χ1) is 16.1. The summed E-state index contributed by atoms with van der Waals surface area (Å²) in [4.78, 5) is 0. The second-order valence-corrected chi connectivity index (χ2v) is 9.36. The van der Waals surface area contributed by atoms with Crippen molar-refractivity contribution >= 4 is 18.2 Å². The monoisotopic (exact) mass is 434 g/mol. The third-order valence-corrected chi connectivity index (χ3v) is 7.94. The zero-order chi connectivity index (χ0) is 22.7. The molecule has 3 nitrogen and oxygen atoms in total. The van der Waals surface area contributed by atoms with Crippen LogP contribution in [0, 0.1) is 5.41 Å². The minimum Gasteiger partial charge on any atom is -0.512 e. The summed E-state index contributed by atoms with van der Waals surface area (Å²) in [6, 6.07) is 24.1. The number of benzene rings is 3. The first-order valence-corrected chi connectivity index (χ1v) is 11.5. The average molecular weight is 435 g/mol. The number of hydrogen-bond donors (Lipinski definition) is 3. The second kappa shape index (κ2) is 7.14. The van der Waals surface area contributed by atoms with Gasteiger partial charge in [0.05, 0.1) is 0 Å². The van der Waals surface area contributed by atoms with Crippen molar-refractivity contribution in [3.05, 3.63) is 123 Å². The lowest BCUT2D eigenvalue weighted by Gasteiger charge is -2.48. The highest BCUT2D eigenvalue weighted by atomic mass is 16.3. The van der Waals surface area contributed by atoms with Crippen LogP contribution in [0.15, 0.2) is 90.1 Å². The van der Waals surface area contributed by atoms with Gasteiger partial charge in [-0.3, -0.25) is 0 Å². The first-order valence-electron chi connectivity index (χ1n) is 11.5. The molecule has 3 aromatic carbocycles. The topological polar surface area (TPSA) is 60.7 Å². The summed E-state index contributed by atoms with van der Waals surface area (Å²) in [5, 5.41) is 34.3. The van der Waals surface area contributed by atoms with E-state index in [1.807, 2.05) is 72.8 Å². The molecule has 3 aliphatic rings. The zero-order valence-corrected chi connectivity index (χ0v) is 18.4. The molecule has 3 atom stereocenters. The lowest BCUT2D eigenvalue weighted by atomic mass is 9.53. The molecule has 0 aliphatic heterocycles. The number of aliphatic hydroxyl groups is 3. The Labute approximate surface area is 193 Å². The molecule has 0 heterocycles. The van der Waals surface area contributed by atoms with Crippen LogP contribution in [0.5, 0.6) is 0 Å². The van der Waals surface area contributed by atoms with Gasteiger partial charge in [-0.15, -0.1) is 0 Å². The molecule has 3 N–H and O–H groups in total. The Morgan fingerprint density at radius 3 is 1.15 bits per heavy atom. The molecule has 0 radical (unpaired) electrons. The van der Waals surface area contributed by atoms with Crippen LogP contribution < -0.4 is 0 Å². The van der Waals surface area contributed by atoms with Crippen LogP contribution >= 0.6 is 0 Å². The SMILES string of the molecule is CCC(C1C(O)=Cc2ccccc21)(C1C(O)=Cc2ccccc21)C1C(O)=Cc2ccccc21. The molecule has 3 aromatic rings. The normalized spacial score (nSPS) is 24.3. The largest absolute Gasteiger partial charge is 0.512 e. The molecular weight excluding hydrogens is 408 g/mol. The van der Waals surface area contributed by atoms with Gasteiger partial charge in [0.2, 0.25) is 0 Å². The molecule has 0 amide bonds. The third kappa shape index (κ3) is 2.62. The summed E-state index contributed by atoms with van der Waals surface area (Å²) in [7, 11) is 0. The van der Waals surface area contributed by atoms with Crippen LogP contribution in [-0.4, -0.2) is 15.3 Å². The third-order valence-electron chi connectivity index (χ3n) is 7.94. The lowest BCUT2D eigenvalue weighted by molar-refractivity contribution is 0.100. The van der Waals surface area contributed by atoms with Crippen molar-refractivity contribution in [2.24, 2.45) is 5.41 Å². The molecule has 164 valence electrons. The highest BCUT2D eigenvalue weighted by molar-refractivity contribution is 5.72. The number of fused-ring (bicyclic) bond motifs is 3. The molecule has 0 saturated heterocycles. The van der Waals surface area contributed by atoms with Gasteiger partial charge in [0, 0.05) is 23.2 Å². The van der Waals surface area contributed by atoms with Gasteiger partial charge in [0.15, 0.2) is 0 Å². The number of allylic oxidation sites excluding steroid dienone is 3. The van der Waals surface area contributed by atoms with Crippen molar-refractivity contribution in [3.8, 4) is 0 Å². The van der Waals surface area contributed by atoms with Crippen molar-refractivity contribution < 1.29 is 15.3 Å². The van der Waals surface area contributed by atoms with Gasteiger partial charge < -0.3 is 15.3 Å². The quantitative estimate of drug-likeness (QED) is 0.399. The van der Waals surface area contributed by atoms with E-state index in [9.17, 15) is 15.3 Å². The Bertz CT molecular complexity index is 1200. The molecule has 33 heavy (non-hydrogen) atoms. The Kier molecular flexibility index (Phi) is 4.31. The minimum absolute atomic E-state index is 0.285. The predicted molar refractivity (Wildman–Crippen MR) is 132 cm³/mol. The molecular formula is C30H26O3. The molecule has 0 bridgehead atoms. The van der Waals surface area contributed by atoms with Gasteiger partial charge in [-0.1, -0.05) is 79.7 Å². The van der Waals surface area contributed by atoms with E-state index in [-0.39, 0.29) is 35.0 Å². The van der Waals surface area contributed by atoms with Gasteiger partial charge in [-0.2, -0.15) is 0 Å². The standard InChI is InChI=1S/C30H26O3/c1-2-30(27-21-12-6-3-9-18(21)15-24(27)31,28-22-13-7-4-10-19(22)16-25(28)32)29-23-14-8-5-11-20(23)17-26(29)33/h3-17,27-29,31-33H,2H2,1H3. The summed E-state index contributed by atoms with van der Waals surface area (Å²) < 4.78 is 0. The van der Waals surface area contributed by atoms with E-state index in [0.717, 1.165) is 33.4 Å². The van der Waals surface area contributed by atoms with E-state index in [4.69, 9.17) is 0 Å². The number of aliphatic hydroxyl groups excluding tert-OH is 3. The fraction of sp³-hybridized carbons (Fsp3) is 0.200. The van der Waals surface area contributed by atoms with E-state index in [0.29, 0.717) is 6.42 Å². The van der Waals surface area contributed by atoms with Gasteiger partial charge in [0.1, 0.15) is 17.3 Å². The molecule has 3 heteroatoms. The van der Waals surface area contributed by atoms with Crippen molar-refractivity contribution in [2.45, 2.75) is 31.1 Å². The fourth-order valence-electron chi connectivity index (χ4n) is 6.73. The summed E-state index contributed by atoms with van der Waals surface area (Å²) in [5.74, 6) is -0.279. The van der Waals surface area contributed by atoms with Crippen molar-refractivity contribution in [2.75, 3.05) is 0 Å². The molecule has 0 fully saturated rings. The van der Waals surface area contributed by atoms with Crippen LogP contribution in [0.3, 0.4) is 0 Å². The minimum atomic E-state index is -0.729. The van der Waals surface area contributed by atoms with Crippen LogP contribution in [0.25, 0.3) is 18.2 Å². The van der Waals surface area contributed by atoms with Gasteiger partial charge in [-0.05, 0) is 58.0 Å². The van der Waals surface area contributed by atoms with E-state index in [1.165, 1.54) is 0 Å². The Morgan fingerprint density at radius 2 is 0.848 bits per heavy atom. The van der Waals surface area contributed by atoms with Crippen LogP contribution in [0.4, 0.5) is 0 Å². The zero-order valence-electron chi connectivity index (χ0n) is 18.4. The van der Waals surface area contributed by atoms with E-state index in [1.54, 1.807) is 0 Å². The van der Waals surface area contributed by atoms with Crippen molar-refractivity contribution in [1.29, 1.82) is 0 Å². The molecule has 0 aromatic heterocycles. The van der Waals surface area contributed by atoms with Crippen molar-refractivity contribution in [1.82, 2.24) is 0 Å². The average Bonchev–Trinajstić information content (AvgIpc) is 3.46. The van der Waals surface area contributed by atoms with E-state index < -0.39 is 5.41 Å².